The third-order valence-electron chi connectivity index (χ3n) is 5.07. The number of amides is 3. The van der Waals surface area contributed by atoms with E-state index in [4.69, 9.17) is 9.47 Å². The molecule has 1 unspecified atom stereocenters. The van der Waals surface area contributed by atoms with E-state index in [0.29, 0.717) is 63.5 Å². The minimum absolute atomic E-state index is 0.0425. The van der Waals surface area contributed by atoms with E-state index in [1.165, 1.54) is 0 Å². The molecule has 2 aliphatic heterocycles. The zero-order valence-electron chi connectivity index (χ0n) is 15.6. The van der Waals surface area contributed by atoms with Crippen molar-refractivity contribution < 1.29 is 24.2 Å². The number of piperidine rings is 1. The van der Waals surface area contributed by atoms with Crippen LogP contribution in [-0.4, -0.2) is 79.4 Å². The second-order valence-corrected chi connectivity index (χ2v) is 6.83. The molecule has 8 heteroatoms. The van der Waals surface area contributed by atoms with Crippen LogP contribution in [0.25, 0.3) is 0 Å². The highest BCUT2D eigenvalue weighted by Gasteiger charge is 2.29. The Labute approximate surface area is 159 Å². The van der Waals surface area contributed by atoms with Crippen LogP contribution in [0.3, 0.4) is 0 Å². The van der Waals surface area contributed by atoms with Crippen molar-refractivity contribution >= 4 is 11.9 Å². The molecular weight excluding hydrogens is 350 g/mol. The van der Waals surface area contributed by atoms with Gasteiger partial charge in [-0.2, -0.15) is 0 Å². The molecule has 2 aliphatic rings. The van der Waals surface area contributed by atoms with E-state index in [9.17, 15) is 14.7 Å². The summed E-state index contributed by atoms with van der Waals surface area (Å²) in [6, 6.07) is 6.77. The molecule has 0 spiro atoms. The number of morpholine rings is 1. The van der Waals surface area contributed by atoms with Gasteiger partial charge in [0, 0.05) is 32.2 Å². The number of urea groups is 1. The first-order chi connectivity index (χ1) is 13.1. The first-order valence-corrected chi connectivity index (χ1v) is 9.32. The average molecular weight is 377 g/mol. The summed E-state index contributed by atoms with van der Waals surface area (Å²) in [4.78, 5) is 28.5. The number of hydrogen-bond donors (Lipinski definition) is 2. The van der Waals surface area contributed by atoms with Gasteiger partial charge in [0.25, 0.3) is 5.91 Å². The largest absolute Gasteiger partial charge is 0.497 e. The lowest BCUT2D eigenvalue weighted by molar-refractivity contribution is -0.130. The van der Waals surface area contributed by atoms with Crippen molar-refractivity contribution in [2.75, 3.05) is 46.5 Å². The molecule has 148 valence electrons. The van der Waals surface area contributed by atoms with Crippen LogP contribution in [0.5, 0.6) is 5.75 Å². The molecule has 1 aromatic carbocycles. The summed E-state index contributed by atoms with van der Waals surface area (Å²) in [5, 5.41) is 13.2. The zero-order chi connectivity index (χ0) is 19.2. The summed E-state index contributed by atoms with van der Waals surface area (Å²) in [7, 11) is 1.56. The van der Waals surface area contributed by atoms with Gasteiger partial charge < -0.3 is 29.7 Å². The minimum Gasteiger partial charge on any atom is -0.497 e. The molecule has 3 amide bonds. The molecule has 3 rings (SSSR count). The van der Waals surface area contributed by atoms with Crippen molar-refractivity contribution in [3.05, 3.63) is 29.8 Å². The second-order valence-electron chi connectivity index (χ2n) is 6.83. The molecule has 0 aromatic heterocycles. The summed E-state index contributed by atoms with van der Waals surface area (Å²) in [6.45, 7) is 3.62. The normalized spacial score (nSPS) is 19.5. The standard InChI is InChI=1S/C19H27N3O5/c1-26-16-4-2-14(3-5-16)17(23)18(24)20-15-6-8-21(9-7-15)19(25)22-10-12-27-13-11-22/h2-5,15,17,23H,6-13H2,1H3,(H,20,24). The fourth-order valence-corrected chi connectivity index (χ4v) is 3.39. The van der Waals surface area contributed by atoms with Crippen LogP contribution < -0.4 is 10.1 Å². The fourth-order valence-electron chi connectivity index (χ4n) is 3.39. The molecule has 2 saturated heterocycles. The summed E-state index contributed by atoms with van der Waals surface area (Å²) in [5.74, 6) is 0.252. The van der Waals surface area contributed by atoms with Crippen LogP contribution in [0.15, 0.2) is 24.3 Å². The van der Waals surface area contributed by atoms with Crippen molar-refractivity contribution in [1.82, 2.24) is 15.1 Å². The first kappa shape index (κ1) is 19.4. The molecule has 2 fully saturated rings. The number of methoxy groups -OCH3 is 1. The van der Waals surface area contributed by atoms with Crippen LogP contribution in [0.4, 0.5) is 4.79 Å². The molecule has 1 aromatic rings. The van der Waals surface area contributed by atoms with E-state index in [-0.39, 0.29) is 12.1 Å². The maximum absolute atomic E-state index is 12.5. The molecule has 0 aliphatic carbocycles. The molecule has 0 bridgehead atoms. The molecule has 8 nitrogen and oxygen atoms in total. The van der Waals surface area contributed by atoms with Gasteiger partial charge in [0.15, 0.2) is 6.10 Å². The highest BCUT2D eigenvalue weighted by atomic mass is 16.5. The van der Waals surface area contributed by atoms with Crippen LogP contribution in [0.2, 0.25) is 0 Å². The van der Waals surface area contributed by atoms with Crippen molar-refractivity contribution in [1.29, 1.82) is 0 Å². The van der Waals surface area contributed by atoms with Crippen LogP contribution >= 0.6 is 0 Å². The summed E-state index contributed by atoms with van der Waals surface area (Å²) in [6.07, 6.45) is 0.137. The lowest BCUT2D eigenvalue weighted by Crippen LogP contribution is -2.53. The number of carbonyl (C=O) groups is 2. The molecule has 0 radical (unpaired) electrons. The minimum atomic E-state index is -1.22. The summed E-state index contributed by atoms with van der Waals surface area (Å²) >= 11 is 0. The zero-order valence-corrected chi connectivity index (χ0v) is 15.6. The van der Waals surface area contributed by atoms with E-state index in [0.717, 1.165) is 0 Å². The van der Waals surface area contributed by atoms with Gasteiger partial charge in [-0.15, -0.1) is 0 Å². The molecule has 2 heterocycles. The monoisotopic (exact) mass is 377 g/mol. The number of rotatable bonds is 4. The van der Waals surface area contributed by atoms with Gasteiger partial charge in [0.05, 0.1) is 20.3 Å². The van der Waals surface area contributed by atoms with Crippen molar-refractivity contribution in [3.63, 3.8) is 0 Å². The maximum Gasteiger partial charge on any atom is 0.320 e. The predicted molar refractivity (Wildman–Crippen MR) is 98.5 cm³/mol. The van der Waals surface area contributed by atoms with E-state index >= 15 is 0 Å². The first-order valence-electron chi connectivity index (χ1n) is 9.32. The highest BCUT2D eigenvalue weighted by molar-refractivity contribution is 5.82. The van der Waals surface area contributed by atoms with Crippen LogP contribution in [0, 0.1) is 0 Å². The Balaban J connectivity index is 1.46. The van der Waals surface area contributed by atoms with Crippen molar-refractivity contribution in [2.24, 2.45) is 0 Å². The number of ether oxygens (including phenoxy) is 2. The number of hydrogen-bond acceptors (Lipinski definition) is 5. The van der Waals surface area contributed by atoms with E-state index in [2.05, 4.69) is 5.32 Å². The van der Waals surface area contributed by atoms with E-state index in [1.54, 1.807) is 31.4 Å². The smallest absolute Gasteiger partial charge is 0.320 e. The lowest BCUT2D eigenvalue weighted by Gasteiger charge is -2.37. The quantitative estimate of drug-likeness (QED) is 0.808. The van der Waals surface area contributed by atoms with Gasteiger partial charge >= 0.3 is 6.03 Å². The van der Waals surface area contributed by atoms with E-state index in [1.807, 2.05) is 9.80 Å². The number of nitrogens with zero attached hydrogens (tertiary/aromatic N) is 2. The Morgan fingerprint density at radius 3 is 2.30 bits per heavy atom. The number of aliphatic hydroxyl groups excluding tert-OH is 1. The summed E-state index contributed by atoms with van der Waals surface area (Å²) in [5.41, 5.74) is 0.522. The van der Waals surface area contributed by atoms with E-state index < -0.39 is 12.0 Å². The van der Waals surface area contributed by atoms with Crippen molar-refractivity contribution in [2.45, 2.75) is 25.0 Å². The van der Waals surface area contributed by atoms with Crippen LogP contribution in [0.1, 0.15) is 24.5 Å². The lowest BCUT2D eigenvalue weighted by atomic mass is 10.0. The van der Waals surface area contributed by atoms with Crippen molar-refractivity contribution in [3.8, 4) is 5.75 Å². The molecule has 27 heavy (non-hydrogen) atoms. The number of aliphatic hydroxyl groups is 1. The Kier molecular flexibility index (Phi) is 6.52. The topological polar surface area (TPSA) is 91.3 Å². The Bertz CT molecular complexity index is 637. The molecule has 1 atom stereocenters. The third kappa shape index (κ3) is 4.90. The number of carbonyl (C=O) groups excluding carboxylic acids is 2. The molecule has 2 N–H and O–H groups in total. The highest BCUT2D eigenvalue weighted by Crippen LogP contribution is 2.19. The average Bonchev–Trinajstić information content (AvgIpc) is 2.74. The Hall–Kier alpha value is -2.32. The van der Waals surface area contributed by atoms with Gasteiger partial charge in [-0.25, -0.2) is 4.79 Å². The molecule has 0 saturated carbocycles. The second kappa shape index (κ2) is 9.05. The number of nitrogens with one attached hydrogen (secondary N) is 1. The Morgan fingerprint density at radius 2 is 1.70 bits per heavy atom. The summed E-state index contributed by atoms with van der Waals surface area (Å²) < 4.78 is 10.4. The fraction of sp³-hybridized carbons (Fsp3) is 0.579. The number of likely N-dealkylation sites (tertiary alicyclic amines) is 1. The van der Waals surface area contributed by atoms with Gasteiger partial charge in [-0.1, -0.05) is 12.1 Å². The van der Waals surface area contributed by atoms with Gasteiger partial charge in [-0.05, 0) is 30.5 Å². The van der Waals surface area contributed by atoms with Crippen LogP contribution in [-0.2, 0) is 9.53 Å². The Morgan fingerprint density at radius 1 is 1.11 bits per heavy atom. The predicted octanol–water partition coefficient (Wildman–Crippen LogP) is 0.761. The third-order valence-corrected chi connectivity index (χ3v) is 5.07. The number of benzene rings is 1. The maximum atomic E-state index is 12.5. The molecular formula is C19H27N3O5. The van der Waals surface area contributed by atoms with Gasteiger partial charge in [0.2, 0.25) is 0 Å². The van der Waals surface area contributed by atoms with Gasteiger partial charge in [-0.3, -0.25) is 4.79 Å². The van der Waals surface area contributed by atoms with Gasteiger partial charge in [0.1, 0.15) is 5.75 Å². The SMILES string of the molecule is COc1ccc(C(O)C(=O)NC2CCN(C(=O)N3CCOCC3)CC2)cc1.